The number of carbonyl (C=O) groups is 1. The lowest BCUT2D eigenvalue weighted by molar-refractivity contribution is -0.133. The van der Waals surface area contributed by atoms with Gasteiger partial charge in [-0.05, 0) is 42.0 Å². The largest absolute Gasteiger partial charge is 0.467 e. The quantitative estimate of drug-likeness (QED) is 0.431. The van der Waals surface area contributed by atoms with Gasteiger partial charge < -0.3 is 19.4 Å². The summed E-state index contributed by atoms with van der Waals surface area (Å²) in [5, 5.41) is 19.1. The molecule has 0 spiro atoms. The molecule has 9 heteroatoms. The monoisotopic (exact) mass is 463 g/mol. The van der Waals surface area contributed by atoms with Crippen LogP contribution in [0.1, 0.15) is 23.8 Å². The number of anilines is 1. The molecule has 0 saturated heterocycles. The summed E-state index contributed by atoms with van der Waals surface area (Å²) >= 11 is 6.04. The molecule has 0 bridgehead atoms. The molecular formula is C24H22ClN5O3. The molecule has 4 aromatic rings. The van der Waals surface area contributed by atoms with Gasteiger partial charge in [0.1, 0.15) is 18.3 Å². The maximum atomic E-state index is 13.5. The van der Waals surface area contributed by atoms with E-state index < -0.39 is 0 Å². The number of halogens is 1. The van der Waals surface area contributed by atoms with Gasteiger partial charge in [-0.2, -0.15) is 5.10 Å². The fourth-order valence-corrected chi connectivity index (χ4v) is 4.13. The second-order valence-corrected chi connectivity index (χ2v) is 8.12. The smallest absolute Gasteiger partial charge is 0.263 e. The molecule has 5 rings (SSSR count). The Morgan fingerprint density at radius 2 is 1.97 bits per heavy atom. The molecule has 8 nitrogen and oxygen atoms in total. The number of carbonyl (C=O) groups excluding carboxylic acids is 1. The van der Waals surface area contributed by atoms with Crippen molar-refractivity contribution in [2.24, 2.45) is 5.10 Å². The third-order valence-corrected chi connectivity index (χ3v) is 5.81. The fourth-order valence-electron chi connectivity index (χ4n) is 4.01. The Morgan fingerprint density at radius 3 is 2.73 bits per heavy atom. The van der Waals surface area contributed by atoms with Crippen molar-refractivity contribution in [1.82, 2.24) is 14.6 Å². The molecule has 168 valence electrons. The van der Waals surface area contributed by atoms with Gasteiger partial charge >= 0.3 is 0 Å². The minimum Gasteiger partial charge on any atom is -0.467 e. The normalized spacial score (nSPS) is 15.8. The molecule has 0 fully saturated rings. The molecule has 33 heavy (non-hydrogen) atoms. The summed E-state index contributed by atoms with van der Waals surface area (Å²) in [6.45, 7) is 0.316. The van der Waals surface area contributed by atoms with E-state index in [1.165, 1.54) is 5.01 Å². The van der Waals surface area contributed by atoms with E-state index in [0.717, 1.165) is 22.3 Å². The van der Waals surface area contributed by atoms with Crippen LogP contribution in [-0.4, -0.2) is 44.4 Å². The van der Waals surface area contributed by atoms with E-state index in [1.54, 1.807) is 12.3 Å². The van der Waals surface area contributed by atoms with Gasteiger partial charge in [-0.25, -0.2) is 9.99 Å². The summed E-state index contributed by atoms with van der Waals surface area (Å²) in [6, 6.07) is 18.3. The van der Waals surface area contributed by atoms with Gasteiger partial charge in [-0.15, -0.1) is 0 Å². The van der Waals surface area contributed by atoms with E-state index in [9.17, 15) is 9.90 Å². The van der Waals surface area contributed by atoms with Crippen molar-refractivity contribution < 1.29 is 14.3 Å². The minimum atomic E-state index is -0.346. The number of hydrogen-bond donors (Lipinski definition) is 2. The number of fused-ring (bicyclic) bond motifs is 1. The predicted molar refractivity (Wildman–Crippen MR) is 126 cm³/mol. The summed E-state index contributed by atoms with van der Waals surface area (Å²) in [4.78, 5) is 18.1. The zero-order valence-corrected chi connectivity index (χ0v) is 18.4. The number of rotatable bonds is 7. The first kappa shape index (κ1) is 21.2. The van der Waals surface area contributed by atoms with Crippen LogP contribution in [0.15, 0.2) is 76.4 Å². The van der Waals surface area contributed by atoms with Gasteiger partial charge in [0.05, 0.1) is 29.6 Å². The lowest BCUT2D eigenvalue weighted by Crippen LogP contribution is -2.30. The van der Waals surface area contributed by atoms with Crippen LogP contribution in [0, 0.1) is 0 Å². The molecule has 2 N–H and O–H groups in total. The van der Waals surface area contributed by atoms with E-state index in [4.69, 9.17) is 16.0 Å². The molecule has 0 radical (unpaired) electrons. The van der Waals surface area contributed by atoms with Crippen molar-refractivity contribution in [3.8, 4) is 0 Å². The highest BCUT2D eigenvalue weighted by atomic mass is 35.5. The SMILES string of the molecule is O=C(Cn1c(NCCO)nc2ccccc21)N1N=C(c2ccc(Cl)cc2)C[C@H]1c1ccco1. The Labute approximate surface area is 195 Å². The van der Waals surface area contributed by atoms with Gasteiger partial charge in [0.2, 0.25) is 5.95 Å². The summed E-state index contributed by atoms with van der Waals surface area (Å²) in [5.74, 6) is 0.995. The Balaban J connectivity index is 1.48. The lowest BCUT2D eigenvalue weighted by atomic mass is 10.0. The number of nitrogens with zero attached hydrogens (tertiary/aromatic N) is 4. The summed E-state index contributed by atoms with van der Waals surface area (Å²) in [5.41, 5.74) is 3.28. The van der Waals surface area contributed by atoms with Crippen LogP contribution in [0.25, 0.3) is 11.0 Å². The Bertz CT molecular complexity index is 1300. The molecule has 2 aromatic carbocycles. The van der Waals surface area contributed by atoms with Crippen LogP contribution in [0.2, 0.25) is 5.02 Å². The van der Waals surface area contributed by atoms with E-state index in [-0.39, 0.29) is 25.1 Å². The van der Waals surface area contributed by atoms with Gasteiger partial charge in [0.15, 0.2) is 0 Å². The number of imidazole rings is 1. The number of nitrogens with one attached hydrogen (secondary N) is 1. The molecule has 2 aromatic heterocycles. The average molecular weight is 464 g/mol. The first-order valence-electron chi connectivity index (χ1n) is 10.6. The predicted octanol–water partition coefficient (Wildman–Crippen LogP) is 4.06. The highest BCUT2D eigenvalue weighted by Gasteiger charge is 2.35. The third kappa shape index (κ3) is 4.22. The summed E-state index contributed by atoms with van der Waals surface area (Å²) < 4.78 is 7.44. The van der Waals surface area contributed by atoms with Crippen molar-refractivity contribution in [2.75, 3.05) is 18.5 Å². The number of furan rings is 1. The standard InChI is InChI=1S/C24H22ClN5O3/c25-17-9-7-16(8-10-17)19-14-21(22-6-3-13-33-22)30(28-19)23(32)15-29-20-5-2-1-4-18(20)27-24(29)26-11-12-31/h1-10,13,21,31H,11-12,14-15H2,(H,26,27)/t21-/m0/s1. The lowest BCUT2D eigenvalue weighted by Gasteiger charge is -2.21. The van der Waals surface area contributed by atoms with E-state index in [2.05, 4.69) is 15.4 Å². The zero-order valence-electron chi connectivity index (χ0n) is 17.7. The maximum Gasteiger partial charge on any atom is 0.263 e. The van der Waals surface area contributed by atoms with Crippen molar-refractivity contribution in [3.05, 3.63) is 83.3 Å². The van der Waals surface area contributed by atoms with Gasteiger partial charge in [-0.3, -0.25) is 4.79 Å². The Kier molecular flexibility index (Phi) is 5.85. The van der Waals surface area contributed by atoms with Crippen LogP contribution >= 0.6 is 11.6 Å². The molecular weight excluding hydrogens is 442 g/mol. The minimum absolute atomic E-state index is 0.0306. The van der Waals surface area contributed by atoms with Gasteiger partial charge in [0.25, 0.3) is 5.91 Å². The van der Waals surface area contributed by atoms with Crippen molar-refractivity contribution in [2.45, 2.75) is 19.0 Å². The van der Waals surface area contributed by atoms with E-state index in [0.29, 0.717) is 29.7 Å². The average Bonchev–Trinajstić information content (AvgIpc) is 3.57. The van der Waals surface area contributed by atoms with Crippen LogP contribution in [0.3, 0.4) is 0 Å². The molecule has 1 amide bonds. The molecule has 1 aliphatic rings. The van der Waals surface area contributed by atoms with Crippen LogP contribution in [0.4, 0.5) is 5.95 Å². The van der Waals surface area contributed by atoms with Gasteiger partial charge in [0, 0.05) is 18.0 Å². The number of aliphatic hydroxyl groups is 1. The summed E-state index contributed by atoms with van der Waals surface area (Å²) in [6.07, 6.45) is 2.12. The van der Waals surface area contributed by atoms with Crippen molar-refractivity contribution in [1.29, 1.82) is 0 Å². The molecule has 0 saturated carbocycles. The molecule has 0 unspecified atom stereocenters. The van der Waals surface area contributed by atoms with Crippen molar-refractivity contribution in [3.63, 3.8) is 0 Å². The van der Waals surface area contributed by atoms with Crippen molar-refractivity contribution >= 4 is 40.2 Å². The number of hydrogen-bond acceptors (Lipinski definition) is 6. The topological polar surface area (TPSA) is 95.9 Å². The Hall–Kier alpha value is -3.62. The number of aliphatic hydroxyl groups excluding tert-OH is 1. The first-order chi connectivity index (χ1) is 16.1. The number of hydrazone groups is 1. The van der Waals surface area contributed by atoms with E-state index >= 15 is 0 Å². The highest BCUT2D eigenvalue weighted by molar-refractivity contribution is 6.30. The molecule has 1 atom stereocenters. The number of amides is 1. The van der Waals surface area contributed by atoms with Crippen LogP contribution < -0.4 is 5.32 Å². The number of para-hydroxylation sites is 2. The molecule has 3 heterocycles. The maximum absolute atomic E-state index is 13.5. The number of aromatic nitrogens is 2. The van der Waals surface area contributed by atoms with Crippen LogP contribution in [-0.2, 0) is 11.3 Å². The number of benzene rings is 2. The van der Waals surface area contributed by atoms with Gasteiger partial charge in [-0.1, -0.05) is 35.9 Å². The second kappa shape index (κ2) is 9.09. The first-order valence-corrected chi connectivity index (χ1v) is 11.0. The fraction of sp³-hybridized carbons (Fsp3) is 0.208. The zero-order chi connectivity index (χ0) is 22.8. The second-order valence-electron chi connectivity index (χ2n) is 7.69. The molecule has 0 aliphatic carbocycles. The Morgan fingerprint density at radius 1 is 1.15 bits per heavy atom. The molecule has 1 aliphatic heterocycles. The highest BCUT2D eigenvalue weighted by Crippen LogP contribution is 2.34. The summed E-state index contributed by atoms with van der Waals surface area (Å²) in [7, 11) is 0. The van der Waals surface area contributed by atoms with Crippen LogP contribution in [0.5, 0.6) is 0 Å². The van der Waals surface area contributed by atoms with E-state index in [1.807, 2.05) is 59.2 Å². The third-order valence-electron chi connectivity index (χ3n) is 5.56.